The van der Waals surface area contributed by atoms with Gasteiger partial charge in [0.25, 0.3) is 0 Å². The zero-order valence-corrected chi connectivity index (χ0v) is 17.5. The van der Waals surface area contributed by atoms with Crippen molar-refractivity contribution >= 4 is 12.3 Å². The Balaban J connectivity index is 3.32. The second-order valence-electron chi connectivity index (χ2n) is 8.11. The van der Waals surface area contributed by atoms with Gasteiger partial charge in [-0.05, 0) is 34.1 Å². The molecule has 4 atom stereocenters. The smallest absolute Gasteiger partial charge is 0.340 e. The quantitative estimate of drug-likeness (QED) is 0.456. The van der Waals surface area contributed by atoms with Crippen LogP contribution in [0.5, 0.6) is 0 Å². The summed E-state index contributed by atoms with van der Waals surface area (Å²) < 4.78 is 23.3. The highest BCUT2D eigenvalue weighted by atomic mass is 16.7. The first-order chi connectivity index (χ1) is 11.9. The molecule has 0 unspecified atom stereocenters. The van der Waals surface area contributed by atoms with E-state index in [0.717, 1.165) is 6.29 Å². The van der Waals surface area contributed by atoms with Gasteiger partial charge in [0.05, 0.1) is 23.4 Å². The molecule has 0 saturated heterocycles. The second kappa shape index (κ2) is 8.53. The summed E-state index contributed by atoms with van der Waals surface area (Å²) in [5, 5.41) is 0. The minimum absolute atomic E-state index is 0.0621. The number of methoxy groups -OCH3 is 1. The number of aldehydes is 1. The minimum atomic E-state index is -1.04. The van der Waals surface area contributed by atoms with Gasteiger partial charge >= 0.3 is 5.97 Å². The number of hydrogen-bond donors (Lipinski definition) is 0. The molecular weight excluding hydrogens is 336 g/mol. The summed E-state index contributed by atoms with van der Waals surface area (Å²) in [6.07, 6.45) is 0.931. The maximum atomic E-state index is 12.2. The molecule has 0 N–H and O–H groups in total. The standard InChI is InChI=1S/C20H34O6/c1-12(2)24-17(20(8,23-9)10-13(3)11-21)14(4)16-15(5)18(22)26-19(6,7)25-16/h11-14,17H,10H2,1-9H3/t13-,14+,17-,20-/m1/s1. The van der Waals surface area contributed by atoms with E-state index in [-0.39, 0.29) is 17.9 Å². The van der Waals surface area contributed by atoms with Gasteiger partial charge < -0.3 is 23.7 Å². The van der Waals surface area contributed by atoms with E-state index in [1.165, 1.54) is 0 Å². The third kappa shape index (κ3) is 5.30. The highest BCUT2D eigenvalue weighted by Crippen LogP contribution is 2.39. The van der Waals surface area contributed by atoms with Gasteiger partial charge in [0.1, 0.15) is 12.0 Å². The van der Waals surface area contributed by atoms with Crippen LogP contribution >= 0.6 is 0 Å². The largest absolute Gasteiger partial charge is 0.456 e. The van der Waals surface area contributed by atoms with Crippen molar-refractivity contribution in [1.82, 2.24) is 0 Å². The van der Waals surface area contributed by atoms with Gasteiger partial charge in [-0.25, -0.2) is 4.79 Å². The molecule has 6 heteroatoms. The Morgan fingerprint density at radius 1 is 1.19 bits per heavy atom. The van der Waals surface area contributed by atoms with Crippen LogP contribution in [0.2, 0.25) is 0 Å². The second-order valence-corrected chi connectivity index (χ2v) is 8.11. The third-order valence-corrected chi connectivity index (χ3v) is 4.68. The molecule has 6 nitrogen and oxygen atoms in total. The predicted octanol–water partition coefficient (Wildman–Crippen LogP) is 3.63. The molecule has 1 rings (SSSR count). The molecule has 0 aromatic heterocycles. The maximum absolute atomic E-state index is 12.2. The Kier molecular flexibility index (Phi) is 7.42. The fourth-order valence-electron chi connectivity index (χ4n) is 3.42. The molecular formula is C20H34O6. The van der Waals surface area contributed by atoms with Gasteiger partial charge in [-0.3, -0.25) is 0 Å². The lowest BCUT2D eigenvalue weighted by molar-refractivity contribution is -0.219. The van der Waals surface area contributed by atoms with E-state index in [4.69, 9.17) is 18.9 Å². The topological polar surface area (TPSA) is 71.1 Å². The fourth-order valence-corrected chi connectivity index (χ4v) is 3.42. The van der Waals surface area contributed by atoms with Crippen LogP contribution in [0.25, 0.3) is 0 Å². The van der Waals surface area contributed by atoms with Crippen molar-refractivity contribution in [3.63, 3.8) is 0 Å². The zero-order chi connectivity index (χ0) is 20.3. The van der Waals surface area contributed by atoms with Gasteiger partial charge in [0.2, 0.25) is 5.79 Å². The van der Waals surface area contributed by atoms with E-state index in [2.05, 4.69) is 0 Å². The van der Waals surface area contributed by atoms with Crippen LogP contribution in [0.1, 0.15) is 61.8 Å². The number of carbonyl (C=O) groups is 2. The summed E-state index contributed by atoms with van der Waals surface area (Å²) in [4.78, 5) is 23.4. The van der Waals surface area contributed by atoms with E-state index in [0.29, 0.717) is 17.8 Å². The minimum Gasteiger partial charge on any atom is -0.456 e. The summed E-state index contributed by atoms with van der Waals surface area (Å²) in [5.74, 6) is -1.35. The lowest BCUT2D eigenvalue weighted by Gasteiger charge is -2.44. The molecule has 150 valence electrons. The summed E-state index contributed by atoms with van der Waals surface area (Å²) in [5.41, 5.74) is -0.303. The van der Waals surface area contributed by atoms with Crippen molar-refractivity contribution in [3.05, 3.63) is 11.3 Å². The van der Waals surface area contributed by atoms with Gasteiger partial charge in [-0.2, -0.15) is 0 Å². The fraction of sp³-hybridized carbons (Fsp3) is 0.800. The van der Waals surface area contributed by atoms with E-state index >= 15 is 0 Å². The molecule has 1 aliphatic rings. The molecule has 0 aromatic carbocycles. The van der Waals surface area contributed by atoms with Crippen molar-refractivity contribution < 1.29 is 28.5 Å². The third-order valence-electron chi connectivity index (χ3n) is 4.68. The average molecular weight is 370 g/mol. The Labute approximate surface area is 157 Å². The lowest BCUT2D eigenvalue weighted by atomic mass is 9.81. The summed E-state index contributed by atoms with van der Waals surface area (Å²) in [6, 6.07) is 0. The normalized spacial score (nSPS) is 22.9. The Hall–Kier alpha value is -1.40. The Morgan fingerprint density at radius 2 is 1.77 bits per heavy atom. The van der Waals surface area contributed by atoms with E-state index < -0.39 is 23.5 Å². The van der Waals surface area contributed by atoms with Crippen molar-refractivity contribution in [1.29, 1.82) is 0 Å². The Morgan fingerprint density at radius 3 is 2.23 bits per heavy atom. The molecule has 0 aromatic rings. The van der Waals surface area contributed by atoms with Gasteiger partial charge in [0, 0.05) is 32.8 Å². The number of carbonyl (C=O) groups excluding carboxylic acids is 2. The molecule has 0 amide bonds. The van der Waals surface area contributed by atoms with E-state index in [1.54, 1.807) is 27.9 Å². The van der Waals surface area contributed by atoms with Crippen LogP contribution in [0.3, 0.4) is 0 Å². The number of hydrogen-bond acceptors (Lipinski definition) is 6. The lowest BCUT2D eigenvalue weighted by Crippen LogP contribution is -2.51. The molecule has 1 heterocycles. The van der Waals surface area contributed by atoms with Crippen LogP contribution in [0, 0.1) is 11.8 Å². The number of esters is 1. The van der Waals surface area contributed by atoms with E-state index in [1.807, 2.05) is 34.6 Å². The summed E-state index contributed by atoms with van der Waals surface area (Å²) in [6.45, 7) is 14.7. The van der Waals surface area contributed by atoms with Gasteiger partial charge in [-0.15, -0.1) is 0 Å². The van der Waals surface area contributed by atoms with Gasteiger partial charge in [-0.1, -0.05) is 13.8 Å². The number of cyclic esters (lactones) is 1. The Bertz CT molecular complexity index is 551. The first kappa shape index (κ1) is 22.6. The molecule has 0 fully saturated rings. The summed E-state index contributed by atoms with van der Waals surface area (Å²) in [7, 11) is 1.61. The maximum Gasteiger partial charge on any atom is 0.340 e. The first-order valence-corrected chi connectivity index (χ1v) is 9.16. The van der Waals surface area contributed by atoms with Crippen molar-refractivity contribution in [2.24, 2.45) is 11.8 Å². The molecule has 0 spiro atoms. The van der Waals surface area contributed by atoms with Crippen molar-refractivity contribution in [2.45, 2.75) is 85.4 Å². The van der Waals surface area contributed by atoms with E-state index in [9.17, 15) is 9.59 Å². The van der Waals surface area contributed by atoms with Crippen molar-refractivity contribution in [3.8, 4) is 0 Å². The van der Waals surface area contributed by atoms with Crippen LogP contribution in [-0.4, -0.2) is 43.0 Å². The molecule has 0 bridgehead atoms. The highest BCUT2D eigenvalue weighted by molar-refractivity contribution is 5.89. The van der Waals surface area contributed by atoms with Gasteiger partial charge in [0.15, 0.2) is 0 Å². The molecule has 0 radical (unpaired) electrons. The predicted molar refractivity (Wildman–Crippen MR) is 98.4 cm³/mol. The zero-order valence-electron chi connectivity index (χ0n) is 17.5. The number of rotatable bonds is 9. The van der Waals surface area contributed by atoms with Crippen LogP contribution in [-0.2, 0) is 28.5 Å². The molecule has 1 aliphatic heterocycles. The average Bonchev–Trinajstić information content (AvgIpc) is 2.54. The monoisotopic (exact) mass is 370 g/mol. The number of ether oxygens (including phenoxy) is 4. The van der Waals surface area contributed by atoms with Crippen LogP contribution in [0.4, 0.5) is 0 Å². The highest BCUT2D eigenvalue weighted by Gasteiger charge is 2.45. The molecule has 0 aliphatic carbocycles. The first-order valence-electron chi connectivity index (χ1n) is 9.16. The van der Waals surface area contributed by atoms with Crippen LogP contribution in [0.15, 0.2) is 11.3 Å². The van der Waals surface area contributed by atoms with Crippen molar-refractivity contribution in [2.75, 3.05) is 7.11 Å². The van der Waals surface area contributed by atoms with Crippen LogP contribution < -0.4 is 0 Å². The summed E-state index contributed by atoms with van der Waals surface area (Å²) >= 11 is 0. The SMILES string of the molecule is CO[C@](C)(C[C@@H](C)C=O)[C@H](OC(C)C)[C@@H](C)C1=C(C)C(=O)OC(C)(C)O1. The molecule has 0 saturated carbocycles. The molecule has 26 heavy (non-hydrogen) atoms.